The molecule has 1 saturated heterocycles. The monoisotopic (exact) mass is 422 g/mol. The molecule has 0 bridgehead atoms. The normalized spacial score (nSPS) is 16.1. The highest BCUT2D eigenvalue weighted by Crippen LogP contribution is 2.26. The number of urea groups is 1. The molecule has 1 unspecified atom stereocenters. The number of carbonyl (C=O) groups excluding carboxylic acids is 1. The van der Waals surface area contributed by atoms with Gasteiger partial charge in [-0.1, -0.05) is 42.5 Å². The van der Waals surface area contributed by atoms with Crippen LogP contribution < -0.4 is 14.9 Å². The topological polar surface area (TPSA) is 91.4 Å². The van der Waals surface area contributed by atoms with Crippen LogP contribution in [0, 0.1) is 0 Å². The molecule has 2 heterocycles. The molecule has 3 aromatic rings. The van der Waals surface area contributed by atoms with E-state index in [4.69, 9.17) is 0 Å². The van der Waals surface area contributed by atoms with Crippen LogP contribution in [0.15, 0.2) is 79.0 Å². The molecule has 1 aliphatic heterocycles. The number of hydrogen-bond acceptors (Lipinski definition) is 4. The zero-order valence-electron chi connectivity index (χ0n) is 16.2. The van der Waals surface area contributed by atoms with Crippen molar-refractivity contribution in [2.45, 2.75) is 12.5 Å². The summed E-state index contributed by atoms with van der Waals surface area (Å²) in [7, 11) is -3.28. The third-order valence-electron chi connectivity index (χ3n) is 4.88. The predicted octanol–water partition coefficient (Wildman–Crippen LogP) is 3.53. The summed E-state index contributed by atoms with van der Waals surface area (Å²) in [6, 6.07) is 21.2. The Morgan fingerprint density at radius 1 is 1.00 bits per heavy atom. The Morgan fingerprint density at radius 3 is 2.50 bits per heavy atom. The van der Waals surface area contributed by atoms with Gasteiger partial charge in [0.05, 0.1) is 23.2 Å². The smallest absolute Gasteiger partial charge is 0.320 e. The molecule has 1 aromatic heterocycles. The van der Waals surface area contributed by atoms with Gasteiger partial charge in [0.15, 0.2) is 0 Å². The summed E-state index contributed by atoms with van der Waals surface area (Å²) in [5, 5.41) is 5.76. The number of benzene rings is 2. The zero-order chi connectivity index (χ0) is 21.0. The third-order valence-corrected chi connectivity index (χ3v) is 6.75. The van der Waals surface area contributed by atoms with Crippen molar-refractivity contribution in [3.05, 3.63) is 90.3 Å². The van der Waals surface area contributed by atoms with Crippen molar-refractivity contribution >= 4 is 27.4 Å². The van der Waals surface area contributed by atoms with Gasteiger partial charge in [0.2, 0.25) is 10.0 Å². The van der Waals surface area contributed by atoms with Gasteiger partial charge >= 0.3 is 6.03 Å². The summed E-state index contributed by atoms with van der Waals surface area (Å²) in [5.41, 5.74) is 2.69. The average molecular weight is 423 g/mol. The number of pyridine rings is 1. The first-order valence-electron chi connectivity index (χ1n) is 9.67. The van der Waals surface area contributed by atoms with Gasteiger partial charge < -0.3 is 10.6 Å². The van der Waals surface area contributed by atoms with Crippen molar-refractivity contribution < 1.29 is 13.2 Å². The highest BCUT2D eigenvalue weighted by atomic mass is 32.2. The highest BCUT2D eigenvalue weighted by molar-refractivity contribution is 7.93. The Bertz CT molecular complexity index is 1080. The minimum atomic E-state index is -3.28. The molecule has 1 fully saturated rings. The fourth-order valence-electron chi connectivity index (χ4n) is 3.49. The molecule has 4 rings (SSSR count). The van der Waals surface area contributed by atoms with E-state index in [2.05, 4.69) is 15.6 Å². The van der Waals surface area contributed by atoms with Crippen molar-refractivity contribution in [3.8, 4) is 0 Å². The molecular formula is C22H22N4O3S. The van der Waals surface area contributed by atoms with Crippen molar-refractivity contribution in [2.75, 3.05) is 21.9 Å². The predicted molar refractivity (Wildman–Crippen MR) is 117 cm³/mol. The molecule has 0 spiro atoms. The van der Waals surface area contributed by atoms with E-state index in [0.29, 0.717) is 24.3 Å². The lowest BCUT2D eigenvalue weighted by atomic mass is 10.0. The first kappa shape index (κ1) is 19.9. The molecule has 8 heteroatoms. The second-order valence-corrected chi connectivity index (χ2v) is 9.00. The van der Waals surface area contributed by atoms with E-state index in [-0.39, 0.29) is 5.75 Å². The third kappa shape index (κ3) is 4.44. The summed E-state index contributed by atoms with van der Waals surface area (Å²) < 4.78 is 25.7. The quantitative estimate of drug-likeness (QED) is 0.658. The first-order valence-corrected chi connectivity index (χ1v) is 11.3. The second kappa shape index (κ2) is 8.54. The van der Waals surface area contributed by atoms with Gasteiger partial charge in [0.25, 0.3) is 0 Å². The van der Waals surface area contributed by atoms with E-state index in [1.807, 2.05) is 48.5 Å². The van der Waals surface area contributed by atoms with Crippen LogP contribution in [-0.2, 0) is 10.0 Å². The van der Waals surface area contributed by atoms with Gasteiger partial charge in [0.1, 0.15) is 0 Å². The zero-order valence-corrected chi connectivity index (χ0v) is 17.0. The van der Waals surface area contributed by atoms with Crippen LogP contribution >= 0.6 is 0 Å². The number of rotatable bonds is 5. The molecule has 0 saturated carbocycles. The fraction of sp³-hybridized carbons (Fsp3) is 0.182. The molecule has 1 aliphatic rings. The number of nitrogens with one attached hydrogen (secondary N) is 2. The molecule has 2 aromatic carbocycles. The molecular weight excluding hydrogens is 400 g/mol. The standard InChI is InChI=1S/C22H22N4O3S/c27-22(24-18-10-6-11-19(16-18)26-14-7-15-30(26,28)29)25-21(17-8-2-1-3-9-17)20-12-4-5-13-23-20/h1-6,8-13,16,21H,7,14-15H2,(H2,24,25,27). The van der Waals surface area contributed by atoms with Crippen LogP contribution in [-0.4, -0.2) is 31.7 Å². The van der Waals surface area contributed by atoms with E-state index < -0.39 is 22.1 Å². The first-order chi connectivity index (χ1) is 14.5. The fourth-order valence-corrected chi connectivity index (χ4v) is 5.04. The number of anilines is 2. The van der Waals surface area contributed by atoms with Crippen LogP contribution in [0.25, 0.3) is 0 Å². The van der Waals surface area contributed by atoms with Crippen molar-refractivity contribution in [1.29, 1.82) is 0 Å². The van der Waals surface area contributed by atoms with Crippen molar-refractivity contribution in [2.24, 2.45) is 0 Å². The lowest BCUT2D eigenvalue weighted by molar-refractivity contribution is 0.250. The number of nitrogens with zero attached hydrogens (tertiary/aromatic N) is 2. The minimum Gasteiger partial charge on any atom is -0.325 e. The maximum absolute atomic E-state index is 12.7. The van der Waals surface area contributed by atoms with Crippen LogP contribution in [0.1, 0.15) is 23.7 Å². The van der Waals surface area contributed by atoms with Gasteiger partial charge in [-0.05, 0) is 42.3 Å². The molecule has 0 radical (unpaired) electrons. The maximum Gasteiger partial charge on any atom is 0.320 e. The minimum absolute atomic E-state index is 0.147. The number of aromatic nitrogens is 1. The second-order valence-electron chi connectivity index (χ2n) is 6.99. The van der Waals surface area contributed by atoms with Gasteiger partial charge in [-0.25, -0.2) is 13.2 Å². The Labute approximate surface area is 175 Å². The molecule has 1 atom stereocenters. The summed E-state index contributed by atoms with van der Waals surface area (Å²) in [4.78, 5) is 17.1. The number of carbonyl (C=O) groups is 1. The number of hydrogen-bond donors (Lipinski definition) is 2. The van der Waals surface area contributed by atoms with Gasteiger partial charge in [-0.3, -0.25) is 9.29 Å². The lowest BCUT2D eigenvalue weighted by Crippen LogP contribution is -2.33. The van der Waals surface area contributed by atoms with E-state index in [9.17, 15) is 13.2 Å². The Morgan fingerprint density at radius 2 is 1.80 bits per heavy atom. The highest BCUT2D eigenvalue weighted by Gasteiger charge is 2.28. The summed E-state index contributed by atoms with van der Waals surface area (Å²) in [5.74, 6) is 0.147. The van der Waals surface area contributed by atoms with Crippen LogP contribution in [0.3, 0.4) is 0 Å². The van der Waals surface area contributed by atoms with E-state index in [0.717, 1.165) is 11.3 Å². The van der Waals surface area contributed by atoms with Gasteiger partial charge in [0, 0.05) is 18.4 Å². The molecule has 2 N–H and O–H groups in total. The van der Waals surface area contributed by atoms with Crippen LogP contribution in [0.4, 0.5) is 16.2 Å². The van der Waals surface area contributed by atoms with Crippen molar-refractivity contribution in [1.82, 2.24) is 10.3 Å². The largest absolute Gasteiger partial charge is 0.325 e. The average Bonchev–Trinajstić information content (AvgIpc) is 3.12. The van der Waals surface area contributed by atoms with E-state index in [1.165, 1.54) is 4.31 Å². The number of sulfonamides is 1. The summed E-state index contributed by atoms with van der Waals surface area (Å²) in [6.45, 7) is 0.452. The summed E-state index contributed by atoms with van der Waals surface area (Å²) >= 11 is 0. The Balaban J connectivity index is 1.53. The van der Waals surface area contributed by atoms with Crippen LogP contribution in [0.5, 0.6) is 0 Å². The van der Waals surface area contributed by atoms with Crippen LogP contribution in [0.2, 0.25) is 0 Å². The number of amides is 2. The molecule has 154 valence electrons. The van der Waals surface area contributed by atoms with E-state index >= 15 is 0 Å². The lowest BCUT2D eigenvalue weighted by Gasteiger charge is -2.20. The Hall–Kier alpha value is -3.39. The van der Waals surface area contributed by atoms with Gasteiger partial charge in [-0.15, -0.1) is 0 Å². The molecule has 30 heavy (non-hydrogen) atoms. The molecule has 7 nitrogen and oxygen atoms in total. The Kier molecular flexibility index (Phi) is 5.67. The van der Waals surface area contributed by atoms with Crippen molar-refractivity contribution in [3.63, 3.8) is 0 Å². The maximum atomic E-state index is 12.7. The molecule has 2 amide bonds. The van der Waals surface area contributed by atoms with E-state index in [1.54, 1.807) is 30.5 Å². The SMILES string of the molecule is O=C(Nc1cccc(N2CCCS2(=O)=O)c1)NC(c1ccccc1)c1ccccn1. The summed E-state index contributed by atoms with van der Waals surface area (Å²) in [6.07, 6.45) is 2.29. The van der Waals surface area contributed by atoms with Gasteiger partial charge in [-0.2, -0.15) is 0 Å². The molecule has 0 aliphatic carbocycles.